The smallest absolute Gasteiger partial charge is 0.0451 e. The lowest BCUT2D eigenvalue weighted by atomic mass is 10.8. The largest absolute Gasteiger partial charge is 0.323 e. The average Bonchev–Trinajstić information content (AvgIpc) is 2.12. The number of hydrogen-bond acceptors (Lipinski definition) is 3. The van der Waals surface area contributed by atoms with Crippen molar-refractivity contribution in [2.75, 3.05) is 14.1 Å². The van der Waals surface area contributed by atoms with E-state index in [1.807, 2.05) is 27.9 Å². The Kier molecular flexibility index (Phi) is 18.5. The van der Waals surface area contributed by atoms with Crippen LogP contribution in [0, 0.1) is 0 Å². The van der Waals surface area contributed by atoms with Gasteiger partial charge in [0.05, 0.1) is 0 Å². The molecule has 11 heavy (non-hydrogen) atoms. The van der Waals surface area contributed by atoms with Crippen molar-refractivity contribution in [3.05, 3.63) is 24.8 Å². The lowest BCUT2D eigenvalue weighted by molar-refractivity contribution is 1.02. The van der Waals surface area contributed by atoms with Crippen molar-refractivity contribution >= 4 is 0 Å². The molecule has 0 atom stereocenters. The standard InChI is InChI=1S/C4H4N2.C2H7N.C2H6/c1-2-6-4-3-5-1;1-3-2;1-2/h1-4H;3H,1-2H3;1-2H3. The molecule has 0 saturated heterocycles. The van der Waals surface area contributed by atoms with Crippen LogP contribution < -0.4 is 5.32 Å². The highest BCUT2D eigenvalue weighted by atomic mass is 14.7. The summed E-state index contributed by atoms with van der Waals surface area (Å²) in [6.07, 6.45) is 6.56. The molecular formula is C8H17N3. The predicted octanol–water partition coefficient (Wildman–Crippen LogP) is 1.34. The van der Waals surface area contributed by atoms with Crippen LogP contribution in [0.15, 0.2) is 24.8 Å². The average molecular weight is 155 g/mol. The Morgan fingerprint density at radius 1 is 0.818 bits per heavy atom. The summed E-state index contributed by atoms with van der Waals surface area (Å²) in [5, 5.41) is 2.75. The number of nitrogens with one attached hydrogen (secondary N) is 1. The van der Waals surface area contributed by atoms with Crippen molar-refractivity contribution in [3.8, 4) is 0 Å². The molecular weight excluding hydrogens is 138 g/mol. The van der Waals surface area contributed by atoms with E-state index in [1.165, 1.54) is 0 Å². The zero-order chi connectivity index (χ0) is 8.95. The Morgan fingerprint density at radius 3 is 1.09 bits per heavy atom. The van der Waals surface area contributed by atoms with Crippen LogP contribution in [0.2, 0.25) is 0 Å². The van der Waals surface area contributed by atoms with Gasteiger partial charge in [-0.25, -0.2) is 0 Å². The third kappa shape index (κ3) is 17.6. The maximum atomic E-state index is 3.72. The normalized spacial score (nSPS) is 6.55. The van der Waals surface area contributed by atoms with Gasteiger partial charge in [-0.05, 0) is 14.1 Å². The van der Waals surface area contributed by atoms with Gasteiger partial charge in [0.15, 0.2) is 0 Å². The van der Waals surface area contributed by atoms with Gasteiger partial charge >= 0.3 is 0 Å². The third-order valence-corrected chi connectivity index (χ3v) is 0.478. The Bertz CT molecular complexity index is 92.2. The van der Waals surface area contributed by atoms with Gasteiger partial charge in [0, 0.05) is 24.8 Å². The summed E-state index contributed by atoms with van der Waals surface area (Å²) in [6, 6.07) is 0. The van der Waals surface area contributed by atoms with Gasteiger partial charge in [-0.2, -0.15) is 0 Å². The molecule has 1 aromatic rings. The molecule has 64 valence electrons. The van der Waals surface area contributed by atoms with Gasteiger partial charge in [0.25, 0.3) is 0 Å². The molecule has 0 spiro atoms. The second kappa shape index (κ2) is 16.0. The van der Waals surface area contributed by atoms with Crippen molar-refractivity contribution in [1.82, 2.24) is 15.3 Å². The van der Waals surface area contributed by atoms with E-state index in [0.29, 0.717) is 0 Å². The first kappa shape index (κ1) is 12.7. The molecule has 0 unspecified atom stereocenters. The van der Waals surface area contributed by atoms with Crippen LogP contribution in [-0.2, 0) is 0 Å². The van der Waals surface area contributed by atoms with Crippen LogP contribution in [0.3, 0.4) is 0 Å². The summed E-state index contributed by atoms with van der Waals surface area (Å²) < 4.78 is 0. The van der Waals surface area contributed by atoms with Crippen LogP contribution in [0.1, 0.15) is 13.8 Å². The minimum absolute atomic E-state index is 1.64. The summed E-state index contributed by atoms with van der Waals surface area (Å²) in [5.41, 5.74) is 0. The van der Waals surface area contributed by atoms with Crippen LogP contribution in [0.5, 0.6) is 0 Å². The topological polar surface area (TPSA) is 37.8 Å². The first-order valence-corrected chi connectivity index (χ1v) is 3.70. The monoisotopic (exact) mass is 155 g/mol. The zero-order valence-electron chi connectivity index (χ0n) is 7.70. The van der Waals surface area contributed by atoms with Crippen LogP contribution in [0.4, 0.5) is 0 Å². The van der Waals surface area contributed by atoms with Gasteiger partial charge in [0.2, 0.25) is 0 Å². The molecule has 0 amide bonds. The van der Waals surface area contributed by atoms with Gasteiger partial charge in [0.1, 0.15) is 0 Å². The van der Waals surface area contributed by atoms with E-state index in [1.54, 1.807) is 24.8 Å². The highest BCUT2D eigenvalue weighted by molar-refractivity contribution is 4.70. The summed E-state index contributed by atoms with van der Waals surface area (Å²) in [7, 11) is 3.75. The van der Waals surface area contributed by atoms with Gasteiger partial charge < -0.3 is 5.32 Å². The Labute approximate surface area is 68.9 Å². The van der Waals surface area contributed by atoms with E-state index in [0.717, 1.165) is 0 Å². The molecule has 1 N–H and O–H groups in total. The van der Waals surface area contributed by atoms with Crippen molar-refractivity contribution in [1.29, 1.82) is 0 Å². The fraction of sp³-hybridized carbons (Fsp3) is 0.500. The van der Waals surface area contributed by atoms with E-state index >= 15 is 0 Å². The van der Waals surface area contributed by atoms with E-state index in [2.05, 4.69) is 15.3 Å². The molecule has 0 bridgehead atoms. The van der Waals surface area contributed by atoms with Crippen molar-refractivity contribution in [2.24, 2.45) is 0 Å². The van der Waals surface area contributed by atoms with Gasteiger partial charge in [-0.15, -0.1) is 0 Å². The predicted molar refractivity (Wildman–Crippen MR) is 48.4 cm³/mol. The molecule has 0 radical (unpaired) electrons. The quantitative estimate of drug-likeness (QED) is 0.614. The van der Waals surface area contributed by atoms with Crippen molar-refractivity contribution in [2.45, 2.75) is 13.8 Å². The molecule has 1 aromatic heterocycles. The molecule has 1 heterocycles. The molecule has 0 fully saturated rings. The molecule has 0 aliphatic heterocycles. The SMILES string of the molecule is CC.CNC.c1cnccn1. The van der Waals surface area contributed by atoms with E-state index in [-0.39, 0.29) is 0 Å². The number of aromatic nitrogens is 2. The van der Waals surface area contributed by atoms with Crippen LogP contribution in [-0.4, -0.2) is 24.1 Å². The summed E-state index contributed by atoms with van der Waals surface area (Å²) in [6.45, 7) is 4.00. The molecule has 0 aliphatic carbocycles. The second-order valence-corrected chi connectivity index (χ2v) is 1.39. The van der Waals surface area contributed by atoms with E-state index in [4.69, 9.17) is 0 Å². The lowest BCUT2D eigenvalue weighted by Crippen LogP contribution is -1.89. The molecule has 3 nitrogen and oxygen atoms in total. The van der Waals surface area contributed by atoms with Crippen molar-refractivity contribution in [3.63, 3.8) is 0 Å². The first-order valence-electron chi connectivity index (χ1n) is 3.70. The fourth-order valence-corrected chi connectivity index (χ4v) is 0.253. The molecule has 0 aliphatic rings. The van der Waals surface area contributed by atoms with Gasteiger partial charge in [-0.1, -0.05) is 13.8 Å². The molecule has 0 aromatic carbocycles. The van der Waals surface area contributed by atoms with Crippen LogP contribution >= 0.6 is 0 Å². The Hall–Kier alpha value is -0.960. The highest BCUT2D eigenvalue weighted by Crippen LogP contribution is 1.65. The molecule has 0 saturated carbocycles. The second-order valence-electron chi connectivity index (χ2n) is 1.39. The maximum absolute atomic E-state index is 3.72. The molecule has 1 rings (SSSR count). The highest BCUT2D eigenvalue weighted by Gasteiger charge is 1.59. The lowest BCUT2D eigenvalue weighted by Gasteiger charge is -1.70. The summed E-state index contributed by atoms with van der Waals surface area (Å²) in [5.74, 6) is 0. The van der Waals surface area contributed by atoms with Crippen LogP contribution in [0.25, 0.3) is 0 Å². The summed E-state index contributed by atoms with van der Waals surface area (Å²) >= 11 is 0. The third-order valence-electron chi connectivity index (χ3n) is 0.478. The Balaban J connectivity index is 0. The number of rotatable bonds is 0. The summed E-state index contributed by atoms with van der Waals surface area (Å²) in [4.78, 5) is 7.44. The van der Waals surface area contributed by atoms with E-state index in [9.17, 15) is 0 Å². The fourth-order valence-electron chi connectivity index (χ4n) is 0.253. The first-order chi connectivity index (χ1) is 5.41. The van der Waals surface area contributed by atoms with Crippen molar-refractivity contribution < 1.29 is 0 Å². The number of hydrogen-bond donors (Lipinski definition) is 1. The Morgan fingerprint density at radius 2 is 1.00 bits per heavy atom. The minimum atomic E-state index is 1.64. The van der Waals surface area contributed by atoms with Gasteiger partial charge in [-0.3, -0.25) is 9.97 Å². The minimum Gasteiger partial charge on any atom is -0.323 e. The zero-order valence-corrected chi connectivity index (χ0v) is 7.70. The maximum Gasteiger partial charge on any atom is 0.0451 e. The molecule has 3 heteroatoms. The number of nitrogens with zero attached hydrogens (tertiary/aromatic N) is 2. The van der Waals surface area contributed by atoms with E-state index < -0.39 is 0 Å².